The summed E-state index contributed by atoms with van der Waals surface area (Å²) in [5.41, 5.74) is 6.66. The van der Waals surface area contributed by atoms with Gasteiger partial charge in [-0.05, 0) is 61.2 Å². The van der Waals surface area contributed by atoms with Crippen LogP contribution in [0.1, 0.15) is 66.2 Å². The van der Waals surface area contributed by atoms with E-state index in [2.05, 4.69) is 33.0 Å². The minimum atomic E-state index is 0.179. The van der Waals surface area contributed by atoms with Gasteiger partial charge in [-0.2, -0.15) is 0 Å². The fraction of sp³-hybridized carbons (Fsp3) is 0.944. The van der Waals surface area contributed by atoms with Gasteiger partial charge in [0.05, 0.1) is 0 Å². The van der Waals surface area contributed by atoms with Gasteiger partial charge in [-0.1, -0.05) is 27.7 Å². The van der Waals surface area contributed by atoms with Crippen LogP contribution in [-0.2, 0) is 4.79 Å². The number of nitrogens with one attached hydrogen (secondary N) is 1. The molecule has 0 aromatic heterocycles. The predicted molar refractivity (Wildman–Crippen MR) is 85.6 cm³/mol. The van der Waals surface area contributed by atoms with Crippen LogP contribution in [-0.4, -0.2) is 18.0 Å². The number of hydrogen-bond acceptors (Lipinski definition) is 2. The molecule has 3 aliphatic carbocycles. The van der Waals surface area contributed by atoms with Crippen molar-refractivity contribution in [3.05, 3.63) is 0 Å². The van der Waals surface area contributed by atoms with Gasteiger partial charge in [-0.15, -0.1) is 0 Å². The number of fused-ring (bicyclic) bond motifs is 2. The molecule has 3 N–H and O–H groups in total. The third kappa shape index (κ3) is 2.42. The van der Waals surface area contributed by atoms with Gasteiger partial charge in [0.15, 0.2) is 0 Å². The SMILES string of the molecule is CC1CC(C(=O)NC2C3(C)CCC(C3)C2(C)C)CCC1N. The average molecular weight is 292 g/mol. The predicted octanol–water partition coefficient (Wildman–Crippen LogP) is 3.08. The van der Waals surface area contributed by atoms with Crippen molar-refractivity contribution in [3.8, 4) is 0 Å². The molecule has 0 saturated heterocycles. The summed E-state index contributed by atoms with van der Waals surface area (Å²) in [7, 11) is 0. The average Bonchev–Trinajstić information content (AvgIpc) is 2.89. The van der Waals surface area contributed by atoms with Gasteiger partial charge in [0, 0.05) is 18.0 Å². The summed E-state index contributed by atoms with van der Waals surface area (Å²) >= 11 is 0. The number of amides is 1. The molecule has 0 spiro atoms. The Labute approximate surface area is 129 Å². The first kappa shape index (κ1) is 15.3. The van der Waals surface area contributed by atoms with Gasteiger partial charge in [-0.3, -0.25) is 4.79 Å². The fourth-order valence-corrected chi connectivity index (χ4v) is 5.58. The van der Waals surface area contributed by atoms with Crippen molar-refractivity contribution in [1.29, 1.82) is 0 Å². The molecule has 21 heavy (non-hydrogen) atoms. The Kier molecular flexibility index (Phi) is 3.63. The first-order valence-electron chi connectivity index (χ1n) is 8.80. The van der Waals surface area contributed by atoms with Gasteiger partial charge < -0.3 is 11.1 Å². The highest BCUT2D eigenvalue weighted by Crippen LogP contribution is 2.62. The van der Waals surface area contributed by atoms with Crippen molar-refractivity contribution in [3.63, 3.8) is 0 Å². The molecule has 3 rings (SSSR count). The number of nitrogens with two attached hydrogens (primary N) is 1. The van der Waals surface area contributed by atoms with Crippen LogP contribution in [0.25, 0.3) is 0 Å². The van der Waals surface area contributed by atoms with Gasteiger partial charge in [0.25, 0.3) is 0 Å². The second kappa shape index (κ2) is 4.97. The molecule has 6 atom stereocenters. The maximum atomic E-state index is 12.8. The molecule has 0 aromatic rings. The van der Waals surface area contributed by atoms with Crippen LogP contribution < -0.4 is 11.1 Å². The highest BCUT2D eigenvalue weighted by molar-refractivity contribution is 5.79. The lowest BCUT2D eigenvalue weighted by molar-refractivity contribution is -0.129. The van der Waals surface area contributed by atoms with E-state index in [9.17, 15) is 4.79 Å². The Morgan fingerprint density at radius 2 is 1.90 bits per heavy atom. The molecule has 0 heterocycles. The van der Waals surface area contributed by atoms with Crippen molar-refractivity contribution in [2.45, 2.75) is 78.3 Å². The quantitative estimate of drug-likeness (QED) is 0.822. The van der Waals surface area contributed by atoms with E-state index in [1.807, 2.05) is 0 Å². The summed E-state index contributed by atoms with van der Waals surface area (Å²) in [6.07, 6.45) is 6.82. The summed E-state index contributed by atoms with van der Waals surface area (Å²) in [5, 5.41) is 3.47. The molecular formula is C18H32N2O. The van der Waals surface area contributed by atoms with Crippen molar-refractivity contribution in [1.82, 2.24) is 5.32 Å². The van der Waals surface area contributed by atoms with Gasteiger partial charge >= 0.3 is 0 Å². The lowest BCUT2D eigenvalue weighted by Gasteiger charge is -2.44. The molecule has 6 unspecified atom stereocenters. The molecule has 3 aliphatic rings. The molecule has 3 fully saturated rings. The van der Waals surface area contributed by atoms with Gasteiger partial charge in [0.1, 0.15) is 0 Å². The number of hydrogen-bond donors (Lipinski definition) is 2. The van der Waals surface area contributed by atoms with E-state index in [-0.39, 0.29) is 17.4 Å². The fourth-order valence-electron chi connectivity index (χ4n) is 5.58. The standard InChI is InChI=1S/C18H32N2O/c1-11-9-12(5-6-14(11)19)15(21)20-16-17(2,3)13-7-8-18(16,4)10-13/h11-14,16H,5-10,19H2,1-4H3,(H,20,21). The van der Waals surface area contributed by atoms with Crippen molar-refractivity contribution in [2.24, 2.45) is 34.3 Å². The Morgan fingerprint density at radius 1 is 1.19 bits per heavy atom. The van der Waals surface area contributed by atoms with Crippen LogP contribution in [0.2, 0.25) is 0 Å². The minimum absolute atomic E-state index is 0.179. The molecule has 0 aliphatic heterocycles. The molecular weight excluding hydrogens is 260 g/mol. The van der Waals surface area contributed by atoms with Crippen LogP contribution >= 0.6 is 0 Å². The molecule has 120 valence electrons. The highest BCUT2D eigenvalue weighted by atomic mass is 16.2. The topological polar surface area (TPSA) is 55.1 Å². The van der Waals surface area contributed by atoms with Crippen LogP contribution in [0.5, 0.6) is 0 Å². The van der Waals surface area contributed by atoms with E-state index in [1.54, 1.807) is 0 Å². The lowest BCUT2D eigenvalue weighted by Crippen LogP contribution is -2.54. The van der Waals surface area contributed by atoms with E-state index in [4.69, 9.17) is 5.73 Å². The van der Waals surface area contributed by atoms with E-state index < -0.39 is 0 Å². The summed E-state index contributed by atoms with van der Waals surface area (Å²) in [5.74, 6) is 1.73. The first-order valence-corrected chi connectivity index (χ1v) is 8.80. The number of carbonyl (C=O) groups is 1. The van der Waals surface area contributed by atoms with E-state index in [0.717, 1.165) is 25.2 Å². The van der Waals surface area contributed by atoms with Crippen molar-refractivity contribution in [2.75, 3.05) is 0 Å². The zero-order chi connectivity index (χ0) is 15.4. The second-order valence-corrected chi connectivity index (χ2v) is 9.01. The number of rotatable bonds is 2. The van der Waals surface area contributed by atoms with Crippen LogP contribution in [0.15, 0.2) is 0 Å². The molecule has 0 radical (unpaired) electrons. The van der Waals surface area contributed by atoms with Crippen molar-refractivity contribution < 1.29 is 4.79 Å². The maximum absolute atomic E-state index is 12.8. The third-order valence-corrected chi connectivity index (χ3v) is 7.16. The zero-order valence-electron chi connectivity index (χ0n) is 14.1. The minimum Gasteiger partial charge on any atom is -0.352 e. The van der Waals surface area contributed by atoms with E-state index in [1.165, 1.54) is 19.3 Å². The smallest absolute Gasteiger partial charge is 0.223 e. The Morgan fingerprint density at radius 3 is 2.48 bits per heavy atom. The first-order chi connectivity index (χ1) is 9.74. The van der Waals surface area contributed by atoms with Gasteiger partial charge in [-0.25, -0.2) is 0 Å². The van der Waals surface area contributed by atoms with Gasteiger partial charge in [0.2, 0.25) is 5.91 Å². The third-order valence-electron chi connectivity index (χ3n) is 7.16. The largest absolute Gasteiger partial charge is 0.352 e. The normalized spacial score (nSPS) is 48.3. The maximum Gasteiger partial charge on any atom is 0.223 e. The Bertz CT molecular complexity index is 428. The Hall–Kier alpha value is -0.570. The lowest BCUT2D eigenvalue weighted by atomic mass is 9.68. The molecule has 3 heteroatoms. The molecule has 3 saturated carbocycles. The molecule has 3 nitrogen and oxygen atoms in total. The monoisotopic (exact) mass is 292 g/mol. The molecule has 2 bridgehead atoms. The zero-order valence-corrected chi connectivity index (χ0v) is 14.1. The second-order valence-electron chi connectivity index (χ2n) is 9.01. The Balaban J connectivity index is 1.68. The van der Waals surface area contributed by atoms with E-state index in [0.29, 0.717) is 23.3 Å². The number of carbonyl (C=O) groups excluding carboxylic acids is 1. The van der Waals surface area contributed by atoms with Crippen LogP contribution in [0.4, 0.5) is 0 Å². The summed E-state index contributed by atoms with van der Waals surface area (Å²) < 4.78 is 0. The highest BCUT2D eigenvalue weighted by Gasteiger charge is 2.59. The molecule has 1 amide bonds. The molecule has 0 aromatic carbocycles. The van der Waals surface area contributed by atoms with Crippen LogP contribution in [0, 0.1) is 28.6 Å². The summed E-state index contributed by atoms with van der Waals surface area (Å²) in [6.45, 7) is 9.28. The summed E-state index contributed by atoms with van der Waals surface area (Å²) in [4.78, 5) is 12.8. The van der Waals surface area contributed by atoms with E-state index >= 15 is 0 Å². The summed E-state index contributed by atoms with van der Waals surface area (Å²) in [6, 6.07) is 0.632. The van der Waals surface area contributed by atoms with Crippen molar-refractivity contribution >= 4 is 5.91 Å². The van der Waals surface area contributed by atoms with Crippen LogP contribution in [0.3, 0.4) is 0 Å².